The Bertz CT molecular complexity index is 2210. The maximum absolute atomic E-state index is 15.8. The van der Waals surface area contributed by atoms with Crippen LogP contribution >= 0.6 is 0 Å². The third-order valence-electron chi connectivity index (χ3n) is 11.1. The topological polar surface area (TPSA) is 138 Å². The number of fused-ring (bicyclic) bond motifs is 1. The van der Waals surface area contributed by atoms with Crippen molar-refractivity contribution in [2.45, 2.75) is 63.3 Å². The second kappa shape index (κ2) is 15.9. The molecule has 2 aromatic carbocycles. The molecular formula is C40H43F4N7O5. The van der Waals surface area contributed by atoms with E-state index < -0.39 is 35.4 Å². The highest BCUT2D eigenvalue weighted by Crippen LogP contribution is 2.40. The van der Waals surface area contributed by atoms with Crippen molar-refractivity contribution in [1.29, 1.82) is 0 Å². The van der Waals surface area contributed by atoms with E-state index in [9.17, 15) is 32.3 Å². The number of aryl methyl sites for hydroxylation is 1. The summed E-state index contributed by atoms with van der Waals surface area (Å²) in [5.74, 6) is -1.49. The molecule has 3 aliphatic rings. The van der Waals surface area contributed by atoms with Crippen molar-refractivity contribution in [3.63, 3.8) is 0 Å². The first-order chi connectivity index (χ1) is 26.8. The van der Waals surface area contributed by atoms with Crippen molar-refractivity contribution in [2.75, 3.05) is 43.5 Å². The Balaban J connectivity index is 0.929. The van der Waals surface area contributed by atoms with E-state index in [2.05, 4.69) is 25.8 Å². The summed E-state index contributed by atoms with van der Waals surface area (Å²) in [6, 6.07) is 7.93. The molecule has 3 amide bonds. The monoisotopic (exact) mass is 777 g/mol. The lowest BCUT2D eigenvalue weighted by Crippen LogP contribution is -2.48. The molecule has 0 radical (unpaired) electrons. The van der Waals surface area contributed by atoms with Crippen molar-refractivity contribution in [2.24, 2.45) is 13.0 Å². The van der Waals surface area contributed by atoms with Crippen LogP contribution in [0.15, 0.2) is 59.8 Å². The summed E-state index contributed by atoms with van der Waals surface area (Å²) >= 11 is 0. The molecule has 296 valence electrons. The third-order valence-corrected chi connectivity index (χ3v) is 11.1. The van der Waals surface area contributed by atoms with Crippen LogP contribution in [0.1, 0.15) is 49.7 Å². The molecule has 4 aromatic rings. The van der Waals surface area contributed by atoms with E-state index in [0.29, 0.717) is 78.5 Å². The molecule has 3 saturated heterocycles. The summed E-state index contributed by atoms with van der Waals surface area (Å²) in [7, 11) is 3.13. The van der Waals surface area contributed by atoms with E-state index in [0.717, 1.165) is 6.07 Å². The van der Waals surface area contributed by atoms with Gasteiger partial charge in [0.25, 0.3) is 5.56 Å². The van der Waals surface area contributed by atoms with E-state index in [4.69, 9.17) is 4.74 Å². The van der Waals surface area contributed by atoms with Crippen molar-refractivity contribution < 1.29 is 36.7 Å². The number of hydrogen-bond acceptors (Lipinski definition) is 9. The van der Waals surface area contributed by atoms with E-state index in [-0.39, 0.29) is 60.7 Å². The number of ether oxygens (including phenoxy) is 1. The predicted molar refractivity (Wildman–Crippen MR) is 202 cm³/mol. The number of anilines is 2. The van der Waals surface area contributed by atoms with Crippen LogP contribution in [0.3, 0.4) is 0 Å². The molecule has 0 aliphatic carbocycles. The van der Waals surface area contributed by atoms with Gasteiger partial charge in [-0.1, -0.05) is 0 Å². The molecule has 12 nitrogen and oxygen atoms in total. The van der Waals surface area contributed by atoms with E-state index >= 15 is 4.39 Å². The number of likely N-dealkylation sites (tertiary alicyclic amines) is 1. The Morgan fingerprint density at radius 3 is 2.43 bits per heavy atom. The van der Waals surface area contributed by atoms with Crippen molar-refractivity contribution in [1.82, 2.24) is 25.1 Å². The lowest BCUT2D eigenvalue weighted by Gasteiger charge is -2.36. The quantitative estimate of drug-likeness (QED) is 0.159. The van der Waals surface area contributed by atoms with Crippen LogP contribution < -0.4 is 31.1 Å². The molecule has 3 aliphatic heterocycles. The van der Waals surface area contributed by atoms with E-state index in [1.807, 2.05) is 0 Å². The minimum absolute atomic E-state index is 0.0123. The van der Waals surface area contributed by atoms with Gasteiger partial charge in [-0.25, -0.2) is 4.39 Å². The zero-order valence-electron chi connectivity index (χ0n) is 31.0. The largest absolute Gasteiger partial charge is 0.496 e. The highest BCUT2D eigenvalue weighted by molar-refractivity contribution is 6.01. The SMILES string of the molecule is COc1cc(-c2cn(C)c(=O)c3cnccc23)cc(F)c1CN1CCC(NC(=O)C2CCN(c3ccc(NC4CCC(=O)NC4=O)cc3C(F)(F)F)CC2)CC1. The van der Waals surface area contributed by atoms with Crippen LogP contribution in [0.25, 0.3) is 21.9 Å². The lowest BCUT2D eigenvalue weighted by atomic mass is 9.93. The molecule has 56 heavy (non-hydrogen) atoms. The number of nitrogens with one attached hydrogen (secondary N) is 3. The van der Waals surface area contributed by atoms with Gasteiger partial charge in [0, 0.05) is 99.2 Å². The number of piperidine rings is 3. The number of alkyl halides is 3. The van der Waals surface area contributed by atoms with Gasteiger partial charge in [0.2, 0.25) is 17.7 Å². The second-order valence-electron chi connectivity index (χ2n) is 14.7. The Labute approximate surface area is 320 Å². The van der Waals surface area contributed by atoms with Gasteiger partial charge in [-0.15, -0.1) is 0 Å². The second-order valence-corrected chi connectivity index (χ2v) is 14.7. The number of hydrogen-bond donors (Lipinski definition) is 3. The Hall–Kier alpha value is -5.51. The zero-order valence-corrected chi connectivity index (χ0v) is 31.0. The molecule has 1 unspecified atom stereocenters. The summed E-state index contributed by atoms with van der Waals surface area (Å²) in [5.41, 5.74) is 0.762. The first-order valence-electron chi connectivity index (χ1n) is 18.7. The van der Waals surface area contributed by atoms with E-state index in [1.165, 1.54) is 36.1 Å². The van der Waals surface area contributed by atoms with Gasteiger partial charge in [0.05, 0.1) is 18.1 Å². The summed E-state index contributed by atoms with van der Waals surface area (Å²) in [4.78, 5) is 57.4. The molecule has 0 saturated carbocycles. The van der Waals surface area contributed by atoms with Gasteiger partial charge in [-0.3, -0.25) is 34.4 Å². The number of aromatic nitrogens is 2. The molecule has 2 aromatic heterocycles. The molecule has 1 atom stereocenters. The number of methoxy groups -OCH3 is 1. The molecule has 5 heterocycles. The Morgan fingerprint density at radius 1 is 0.982 bits per heavy atom. The molecule has 3 N–H and O–H groups in total. The normalized spacial score (nSPS) is 18.9. The van der Waals surface area contributed by atoms with Gasteiger partial charge < -0.3 is 24.8 Å². The van der Waals surface area contributed by atoms with Crippen LogP contribution in [0.2, 0.25) is 0 Å². The maximum atomic E-state index is 15.8. The number of benzene rings is 2. The molecular weight excluding hydrogens is 734 g/mol. The van der Waals surface area contributed by atoms with Gasteiger partial charge in [0.1, 0.15) is 17.6 Å². The van der Waals surface area contributed by atoms with Crippen molar-refractivity contribution >= 4 is 39.9 Å². The minimum Gasteiger partial charge on any atom is -0.496 e. The van der Waals surface area contributed by atoms with Crippen LogP contribution in [0, 0.1) is 11.7 Å². The molecule has 3 fully saturated rings. The Morgan fingerprint density at radius 2 is 1.73 bits per heavy atom. The fourth-order valence-electron chi connectivity index (χ4n) is 7.97. The van der Waals surface area contributed by atoms with Crippen LogP contribution in [0.4, 0.5) is 28.9 Å². The summed E-state index contributed by atoms with van der Waals surface area (Å²) in [6.45, 7) is 2.06. The number of amides is 3. The van der Waals surface area contributed by atoms with Crippen LogP contribution in [0.5, 0.6) is 5.75 Å². The van der Waals surface area contributed by atoms with Gasteiger partial charge >= 0.3 is 6.18 Å². The maximum Gasteiger partial charge on any atom is 0.418 e. The molecule has 0 bridgehead atoms. The summed E-state index contributed by atoms with van der Waals surface area (Å²) < 4.78 is 65.6. The number of halogens is 4. The van der Waals surface area contributed by atoms with Crippen LogP contribution in [-0.2, 0) is 34.2 Å². The first kappa shape index (κ1) is 38.8. The fraction of sp³-hybridized carbons (Fsp3) is 0.425. The average Bonchev–Trinajstić information content (AvgIpc) is 3.18. The molecule has 7 rings (SSSR count). The minimum atomic E-state index is -4.65. The summed E-state index contributed by atoms with van der Waals surface area (Å²) in [6.07, 6.45) is 2.48. The number of rotatable bonds is 9. The zero-order chi connectivity index (χ0) is 39.7. The molecule has 16 heteroatoms. The number of carbonyl (C=O) groups excluding carboxylic acids is 3. The highest BCUT2D eigenvalue weighted by Gasteiger charge is 2.37. The van der Waals surface area contributed by atoms with Crippen LogP contribution in [-0.4, -0.2) is 77.5 Å². The number of pyridine rings is 2. The Kier molecular flexibility index (Phi) is 11.0. The van der Waals surface area contributed by atoms with Gasteiger partial charge in [0.15, 0.2) is 0 Å². The van der Waals surface area contributed by atoms with Gasteiger partial charge in [-0.2, -0.15) is 13.2 Å². The fourth-order valence-corrected chi connectivity index (χ4v) is 7.97. The lowest BCUT2D eigenvalue weighted by molar-refractivity contribution is -0.137. The predicted octanol–water partition coefficient (Wildman–Crippen LogP) is 4.98. The number of carbonyl (C=O) groups is 3. The van der Waals surface area contributed by atoms with E-state index in [1.54, 1.807) is 36.5 Å². The van der Waals surface area contributed by atoms with Crippen molar-refractivity contribution in [3.8, 4) is 16.9 Å². The third kappa shape index (κ3) is 8.20. The smallest absolute Gasteiger partial charge is 0.418 e. The van der Waals surface area contributed by atoms with Gasteiger partial charge in [-0.05, 0) is 79.5 Å². The standard InChI is InChI=1S/C40H43F4N7O5/c1-49-21-29(27-7-12-45-20-28(27)39(49)55)24-17-32(41)30(35(18-24)56-2)22-50-13-10-25(11-14-50)47-37(53)23-8-15-51(16-9-23)34-5-3-26(19-31(34)40(42,43)44)46-33-4-6-36(52)48-38(33)54/h3,5,7,12,17-21,23,25,33,46H,4,6,8-11,13-16,22H2,1-2H3,(H,47,53)(H,48,52,54). The van der Waals surface area contributed by atoms with Crippen molar-refractivity contribution in [3.05, 3.63) is 82.3 Å². The average molecular weight is 778 g/mol. The highest BCUT2D eigenvalue weighted by atomic mass is 19.4. The number of imide groups is 1. The first-order valence-corrected chi connectivity index (χ1v) is 18.7. The summed E-state index contributed by atoms with van der Waals surface area (Å²) in [5, 5.41) is 9.25. The number of nitrogens with zero attached hydrogens (tertiary/aromatic N) is 4. The molecule has 0 spiro atoms.